The Balaban J connectivity index is 2.76. The number of aryl methyl sites for hydroxylation is 1. The molecule has 88 valence electrons. The summed E-state index contributed by atoms with van der Waals surface area (Å²) < 4.78 is 0. The van der Waals surface area contributed by atoms with Crippen molar-refractivity contribution in [1.29, 1.82) is 0 Å². The maximum Gasteiger partial charge on any atom is 0.236 e. The van der Waals surface area contributed by atoms with Crippen molar-refractivity contribution in [3.05, 3.63) is 34.4 Å². The molecule has 0 spiro atoms. The van der Waals surface area contributed by atoms with Crippen LogP contribution in [0.5, 0.6) is 0 Å². The molecule has 0 radical (unpaired) electrons. The van der Waals surface area contributed by atoms with Gasteiger partial charge in [0.15, 0.2) is 0 Å². The van der Waals surface area contributed by atoms with Crippen LogP contribution < -0.4 is 11.1 Å². The van der Waals surface area contributed by atoms with Gasteiger partial charge in [-0.2, -0.15) is 0 Å². The van der Waals surface area contributed by atoms with Crippen LogP contribution in [0.25, 0.3) is 0 Å². The summed E-state index contributed by atoms with van der Waals surface area (Å²) in [5.74, 6) is -0.113. The Bertz CT molecular complexity index is 397. The molecule has 0 heterocycles. The van der Waals surface area contributed by atoms with E-state index < -0.39 is 6.04 Å². The number of rotatable bonds is 3. The number of benzene rings is 1. The lowest BCUT2D eigenvalue weighted by Gasteiger charge is -2.13. The molecule has 0 fully saturated rings. The fourth-order valence-electron chi connectivity index (χ4n) is 1.55. The summed E-state index contributed by atoms with van der Waals surface area (Å²) in [6, 6.07) is 3.68. The van der Waals surface area contributed by atoms with E-state index in [0.29, 0.717) is 6.54 Å². The van der Waals surface area contributed by atoms with Crippen molar-refractivity contribution in [2.24, 2.45) is 5.73 Å². The van der Waals surface area contributed by atoms with Gasteiger partial charge in [0.2, 0.25) is 5.91 Å². The summed E-state index contributed by atoms with van der Waals surface area (Å²) in [4.78, 5) is 11.3. The highest BCUT2D eigenvalue weighted by Crippen LogP contribution is 2.16. The molecule has 0 aliphatic heterocycles. The molecule has 1 rings (SSSR count). The summed E-state index contributed by atoms with van der Waals surface area (Å²) in [7, 11) is 0. The van der Waals surface area contributed by atoms with Crippen LogP contribution in [-0.2, 0) is 11.3 Å². The predicted molar refractivity (Wildman–Crippen MR) is 66.1 cm³/mol. The average Bonchev–Trinajstić information content (AvgIpc) is 2.24. The normalized spacial score (nSPS) is 12.3. The summed E-state index contributed by atoms with van der Waals surface area (Å²) in [5, 5.41) is 2.82. The molecule has 3 N–H and O–H groups in total. The Morgan fingerprint density at radius 2 is 1.94 bits per heavy atom. The van der Waals surface area contributed by atoms with Crippen LogP contribution in [0.2, 0.25) is 0 Å². The van der Waals surface area contributed by atoms with Gasteiger partial charge in [0, 0.05) is 6.54 Å². The highest BCUT2D eigenvalue weighted by Gasteiger charge is 2.08. The van der Waals surface area contributed by atoms with Crippen molar-refractivity contribution in [2.75, 3.05) is 0 Å². The zero-order valence-corrected chi connectivity index (χ0v) is 10.4. The Morgan fingerprint density at radius 3 is 2.50 bits per heavy atom. The van der Waals surface area contributed by atoms with Crippen LogP contribution in [0, 0.1) is 20.8 Å². The fourth-order valence-corrected chi connectivity index (χ4v) is 1.55. The lowest BCUT2D eigenvalue weighted by molar-refractivity contribution is -0.122. The minimum Gasteiger partial charge on any atom is -0.351 e. The SMILES string of the molecule is Cc1ccc(CNC(=O)C(C)N)c(C)c1C. The lowest BCUT2D eigenvalue weighted by atomic mass is 9.99. The Morgan fingerprint density at radius 1 is 1.31 bits per heavy atom. The quantitative estimate of drug-likeness (QED) is 0.812. The zero-order valence-electron chi connectivity index (χ0n) is 10.4. The van der Waals surface area contributed by atoms with Crippen molar-refractivity contribution in [2.45, 2.75) is 40.3 Å². The first-order valence-corrected chi connectivity index (χ1v) is 5.52. The third-order valence-electron chi connectivity index (χ3n) is 3.04. The molecule has 1 unspecified atom stereocenters. The van der Waals surface area contributed by atoms with E-state index >= 15 is 0 Å². The van der Waals surface area contributed by atoms with Crippen molar-refractivity contribution >= 4 is 5.91 Å². The summed E-state index contributed by atoms with van der Waals surface area (Å²) in [6.45, 7) is 8.50. The van der Waals surface area contributed by atoms with Gasteiger partial charge in [0.05, 0.1) is 6.04 Å². The molecule has 0 aliphatic carbocycles. The molecule has 0 aliphatic rings. The predicted octanol–water partition coefficient (Wildman–Crippen LogP) is 1.58. The van der Waals surface area contributed by atoms with Crippen LogP contribution in [0.4, 0.5) is 0 Å². The first kappa shape index (κ1) is 12.7. The van der Waals surface area contributed by atoms with Crippen molar-refractivity contribution in [1.82, 2.24) is 5.32 Å². The molecule has 16 heavy (non-hydrogen) atoms. The molecule has 3 heteroatoms. The maximum atomic E-state index is 11.3. The lowest BCUT2D eigenvalue weighted by Crippen LogP contribution is -2.37. The van der Waals surface area contributed by atoms with Gasteiger partial charge in [-0.15, -0.1) is 0 Å². The number of carbonyl (C=O) groups excluding carboxylic acids is 1. The van der Waals surface area contributed by atoms with Gasteiger partial charge in [0.1, 0.15) is 0 Å². The maximum absolute atomic E-state index is 11.3. The molecule has 0 aromatic heterocycles. The molecule has 1 atom stereocenters. The Kier molecular flexibility index (Phi) is 4.07. The fraction of sp³-hybridized carbons (Fsp3) is 0.462. The molecule has 1 amide bonds. The monoisotopic (exact) mass is 220 g/mol. The molecule has 1 aromatic carbocycles. The van der Waals surface area contributed by atoms with E-state index in [1.165, 1.54) is 16.7 Å². The van der Waals surface area contributed by atoms with Crippen LogP contribution in [0.15, 0.2) is 12.1 Å². The minimum atomic E-state index is -0.452. The third-order valence-corrected chi connectivity index (χ3v) is 3.04. The van der Waals surface area contributed by atoms with Crippen LogP contribution >= 0.6 is 0 Å². The molecule has 0 saturated carbocycles. The van der Waals surface area contributed by atoms with E-state index in [1.807, 2.05) is 0 Å². The number of nitrogens with one attached hydrogen (secondary N) is 1. The van der Waals surface area contributed by atoms with Crippen LogP contribution in [0.1, 0.15) is 29.2 Å². The summed E-state index contributed by atoms with van der Waals surface area (Å²) >= 11 is 0. The van der Waals surface area contributed by atoms with Gasteiger partial charge in [-0.05, 0) is 49.9 Å². The highest BCUT2D eigenvalue weighted by molar-refractivity contribution is 5.80. The summed E-state index contributed by atoms with van der Waals surface area (Å²) in [6.07, 6.45) is 0. The largest absolute Gasteiger partial charge is 0.351 e. The van der Waals surface area contributed by atoms with E-state index in [-0.39, 0.29) is 5.91 Å². The second-order valence-corrected chi connectivity index (χ2v) is 4.30. The second kappa shape index (κ2) is 5.12. The zero-order chi connectivity index (χ0) is 12.3. The Labute approximate surface area is 97.0 Å². The van der Waals surface area contributed by atoms with Gasteiger partial charge >= 0.3 is 0 Å². The molecular formula is C13H20N2O. The van der Waals surface area contributed by atoms with E-state index in [1.54, 1.807) is 6.92 Å². The van der Waals surface area contributed by atoms with Crippen LogP contribution in [-0.4, -0.2) is 11.9 Å². The van der Waals surface area contributed by atoms with E-state index in [0.717, 1.165) is 5.56 Å². The number of hydrogen-bond donors (Lipinski definition) is 2. The number of hydrogen-bond acceptors (Lipinski definition) is 2. The summed E-state index contributed by atoms with van der Waals surface area (Å²) in [5.41, 5.74) is 10.4. The molecule has 0 bridgehead atoms. The van der Waals surface area contributed by atoms with Crippen LogP contribution in [0.3, 0.4) is 0 Å². The van der Waals surface area contributed by atoms with Crippen molar-refractivity contribution in [3.8, 4) is 0 Å². The van der Waals surface area contributed by atoms with Crippen molar-refractivity contribution < 1.29 is 4.79 Å². The second-order valence-electron chi connectivity index (χ2n) is 4.30. The van der Waals surface area contributed by atoms with E-state index in [4.69, 9.17) is 5.73 Å². The van der Waals surface area contributed by atoms with Gasteiger partial charge in [-0.25, -0.2) is 0 Å². The number of carbonyl (C=O) groups is 1. The average molecular weight is 220 g/mol. The number of amides is 1. The minimum absolute atomic E-state index is 0.113. The first-order valence-electron chi connectivity index (χ1n) is 5.52. The van der Waals surface area contributed by atoms with Gasteiger partial charge in [-0.1, -0.05) is 12.1 Å². The third kappa shape index (κ3) is 2.83. The van der Waals surface area contributed by atoms with E-state index in [2.05, 4.69) is 38.2 Å². The first-order chi connectivity index (χ1) is 7.43. The standard InChI is InChI=1S/C13H20N2O/c1-8-5-6-12(10(3)9(8)2)7-15-13(16)11(4)14/h5-6,11H,7,14H2,1-4H3,(H,15,16). The molecular weight excluding hydrogens is 200 g/mol. The molecule has 1 aromatic rings. The van der Waals surface area contributed by atoms with Gasteiger partial charge < -0.3 is 11.1 Å². The smallest absolute Gasteiger partial charge is 0.236 e. The van der Waals surface area contributed by atoms with Gasteiger partial charge in [-0.3, -0.25) is 4.79 Å². The molecule has 0 saturated heterocycles. The number of nitrogens with two attached hydrogens (primary N) is 1. The molecule has 3 nitrogen and oxygen atoms in total. The van der Waals surface area contributed by atoms with Gasteiger partial charge in [0.25, 0.3) is 0 Å². The Hall–Kier alpha value is -1.35. The highest BCUT2D eigenvalue weighted by atomic mass is 16.2. The van der Waals surface area contributed by atoms with E-state index in [9.17, 15) is 4.79 Å². The topological polar surface area (TPSA) is 55.1 Å². The van der Waals surface area contributed by atoms with Crippen molar-refractivity contribution in [3.63, 3.8) is 0 Å².